The van der Waals surface area contributed by atoms with E-state index < -0.39 is 5.60 Å². The van der Waals surface area contributed by atoms with Gasteiger partial charge in [0.05, 0.1) is 11.7 Å². The van der Waals surface area contributed by atoms with Gasteiger partial charge >= 0.3 is 0 Å². The van der Waals surface area contributed by atoms with Crippen molar-refractivity contribution in [3.05, 3.63) is 11.6 Å². The summed E-state index contributed by atoms with van der Waals surface area (Å²) < 4.78 is 0. The number of carbonyl (C=O) groups is 1. The third-order valence-electron chi connectivity index (χ3n) is 10.0. The maximum absolute atomic E-state index is 13.4. The summed E-state index contributed by atoms with van der Waals surface area (Å²) in [7, 11) is 0. The Balaban J connectivity index is 1.53. The van der Waals surface area contributed by atoms with Crippen LogP contribution in [0.5, 0.6) is 0 Å². The van der Waals surface area contributed by atoms with Crippen molar-refractivity contribution in [2.75, 3.05) is 0 Å². The summed E-state index contributed by atoms with van der Waals surface area (Å²) in [5.41, 5.74) is 1.22. The summed E-state index contributed by atoms with van der Waals surface area (Å²) in [6.45, 7) is 11.0. The number of carbonyl (C=O) groups excluding carboxylic acids is 1. The Hall–Kier alpha value is -0.670. The minimum atomic E-state index is -0.592. The highest BCUT2D eigenvalue weighted by Crippen LogP contribution is 2.66. The van der Waals surface area contributed by atoms with Gasteiger partial charge in [0, 0.05) is 12.3 Å². The number of ketones is 1. The molecular formula is C27H44O3. The van der Waals surface area contributed by atoms with Gasteiger partial charge in [0.25, 0.3) is 0 Å². The number of aliphatic hydroxyl groups is 2. The Morgan fingerprint density at radius 2 is 1.93 bits per heavy atom. The molecule has 3 fully saturated rings. The predicted molar refractivity (Wildman–Crippen MR) is 121 cm³/mol. The van der Waals surface area contributed by atoms with Gasteiger partial charge in [-0.1, -0.05) is 45.3 Å². The minimum absolute atomic E-state index is 0.141. The van der Waals surface area contributed by atoms with E-state index in [-0.39, 0.29) is 22.9 Å². The van der Waals surface area contributed by atoms with Gasteiger partial charge in [-0.15, -0.1) is 0 Å². The van der Waals surface area contributed by atoms with E-state index in [1.54, 1.807) is 0 Å². The molecule has 2 N–H and O–H groups in total. The summed E-state index contributed by atoms with van der Waals surface area (Å²) in [4.78, 5) is 13.4. The fraction of sp³-hybridized carbons (Fsp3) is 0.889. The van der Waals surface area contributed by atoms with E-state index >= 15 is 0 Å². The average molecular weight is 417 g/mol. The first kappa shape index (κ1) is 22.5. The zero-order valence-electron chi connectivity index (χ0n) is 19.9. The largest absolute Gasteiger partial charge is 0.393 e. The highest BCUT2D eigenvalue weighted by atomic mass is 16.3. The van der Waals surface area contributed by atoms with E-state index in [0.717, 1.165) is 51.4 Å². The molecule has 4 aliphatic carbocycles. The lowest BCUT2D eigenvalue weighted by Gasteiger charge is -2.57. The SMILES string of the molecule is C[C@H](CCCC(C)(C)O)[C@H]1CC(=O)[C@H]2[C@H]3CC=C4C[C@@H](O)CC[C@]4(C)[C@H]3CC[C@]12C. The molecule has 170 valence electrons. The monoisotopic (exact) mass is 416 g/mol. The Morgan fingerprint density at radius 3 is 2.63 bits per heavy atom. The van der Waals surface area contributed by atoms with Gasteiger partial charge in [-0.25, -0.2) is 0 Å². The van der Waals surface area contributed by atoms with Crippen molar-refractivity contribution in [1.29, 1.82) is 0 Å². The molecule has 0 aliphatic heterocycles. The lowest BCUT2D eigenvalue weighted by atomic mass is 9.47. The first-order valence-electron chi connectivity index (χ1n) is 12.6. The molecule has 3 nitrogen and oxygen atoms in total. The maximum Gasteiger partial charge on any atom is 0.137 e. The molecule has 30 heavy (non-hydrogen) atoms. The predicted octanol–water partition coefficient (Wildman–Crippen LogP) is 5.68. The molecular weight excluding hydrogens is 372 g/mol. The Labute approximate surface area is 183 Å². The zero-order chi connectivity index (χ0) is 21.9. The number of Topliss-reactive ketones (excluding diaryl/α,β-unsaturated/α-hetero) is 1. The molecule has 0 bridgehead atoms. The Bertz CT molecular complexity index is 703. The number of allylic oxidation sites excluding steroid dienone is 1. The highest BCUT2D eigenvalue weighted by molar-refractivity contribution is 5.85. The standard InChI is InChI=1S/C27H44O3/c1-17(7-6-12-25(2,3)30)22-16-23(29)24-20-9-8-18-15-19(28)10-13-26(18,4)21(20)11-14-27(22,24)5/h8,17,19-22,24,28,30H,6-7,9-16H2,1-5H3/t17-,19+,20+,21+,22-,24-,26+,27-/m1/s1. The van der Waals surface area contributed by atoms with Crippen LogP contribution in [0.15, 0.2) is 11.6 Å². The minimum Gasteiger partial charge on any atom is -0.393 e. The molecule has 0 aromatic rings. The second-order valence-electron chi connectivity index (χ2n) is 12.5. The zero-order valence-corrected chi connectivity index (χ0v) is 19.9. The average Bonchev–Trinajstić information content (AvgIpc) is 2.92. The maximum atomic E-state index is 13.4. The molecule has 0 saturated heterocycles. The van der Waals surface area contributed by atoms with Crippen LogP contribution in [0.25, 0.3) is 0 Å². The molecule has 0 aromatic heterocycles. The van der Waals surface area contributed by atoms with Crippen LogP contribution in [0.4, 0.5) is 0 Å². The molecule has 0 heterocycles. The van der Waals surface area contributed by atoms with Crippen molar-refractivity contribution in [2.24, 2.45) is 40.4 Å². The van der Waals surface area contributed by atoms with E-state index in [1.165, 1.54) is 18.4 Å². The Morgan fingerprint density at radius 1 is 1.20 bits per heavy atom. The van der Waals surface area contributed by atoms with Crippen molar-refractivity contribution in [3.8, 4) is 0 Å². The fourth-order valence-corrected chi connectivity index (χ4v) is 8.39. The second kappa shape index (κ2) is 7.73. The molecule has 0 spiro atoms. The van der Waals surface area contributed by atoms with E-state index in [4.69, 9.17) is 0 Å². The summed E-state index contributed by atoms with van der Waals surface area (Å²) in [5, 5.41) is 20.3. The molecule has 3 heteroatoms. The van der Waals surface area contributed by atoms with Crippen molar-refractivity contribution in [1.82, 2.24) is 0 Å². The summed E-state index contributed by atoms with van der Waals surface area (Å²) in [5.74, 6) is 2.88. The van der Waals surface area contributed by atoms with Crippen molar-refractivity contribution < 1.29 is 15.0 Å². The van der Waals surface area contributed by atoms with E-state index in [2.05, 4.69) is 26.8 Å². The van der Waals surface area contributed by atoms with E-state index in [9.17, 15) is 15.0 Å². The number of rotatable bonds is 5. The second-order valence-corrected chi connectivity index (χ2v) is 12.5. The van der Waals surface area contributed by atoms with Crippen LogP contribution in [0, 0.1) is 40.4 Å². The van der Waals surface area contributed by atoms with Gasteiger partial charge in [0.2, 0.25) is 0 Å². The molecule has 0 amide bonds. The molecule has 3 saturated carbocycles. The smallest absolute Gasteiger partial charge is 0.137 e. The third-order valence-corrected chi connectivity index (χ3v) is 10.0. The van der Waals surface area contributed by atoms with Gasteiger partial charge < -0.3 is 10.2 Å². The first-order valence-corrected chi connectivity index (χ1v) is 12.6. The van der Waals surface area contributed by atoms with Gasteiger partial charge in [-0.3, -0.25) is 4.79 Å². The Kier molecular flexibility index (Phi) is 5.80. The number of hydrogen-bond donors (Lipinski definition) is 2. The van der Waals surface area contributed by atoms with Crippen LogP contribution in [-0.2, 0) is 4.79 Å². The first-order chi connectivity index (χ1) is 14.0. The van der Waals surface area contributed by atoms with Crippen molar-refractivity contribution in [2.45, 2.75) is 111 Å². The molecule has 0 unspecified atom stereocenters. The fourth-order valence-electron chi connectivity index (χ4n) is 8.39. The van der Waals surface area contributed by atoms with Crippen LogP contribution >= 0.6 is 0 Å². The summed E-state index contributed by atoms with van der Waals surface area (Å²) in [6, 6.07) is 0. The van der Waals surface area contributed by atoms with Crippen LogP contribution < -0.4 is 0 Å². The molecule has 4 rings (SSSR count). The number of fused-ring (bicyclic) bond motifs is 5. The molecule has 8 atom stereocenters. The summed E-state index contributed by atoms with van der Waals surface area (Å²) in [6.07, 6.45) is 12.3. The van der Waals surface area contributed by atoms with Crippen molar-refractivity contribution >= 4 is 5.78 Å². The molecule has 0 aromatic carbocycles. The van der Waals surface area contributed by atoms with Crippen LogP contribution in [0.2, 0.25) is 0 Å². The van der Waals surface area contributed by atoms with Crippen molar-refractivity contribution in [3.63, 3.8) is 0 Å². The molecule has 0 radical (unpaired) electrons. The lowest BCUT2D eigenvalue weighted by molar-refractivity contribution is -0.130. The topological polar surface area (TPSA) is 57.5 Å². The highest BCUT2D eigenvalue weighted by Gasteiger charge is 2.62. The van der Waals surface area contributed by atoms with Gasteiger partial charge in [-0.2, -0.15) is 0 Å². The third kappa shape index (κ3) is 3.72. The number of aliphatic hydroxyl groups excluding tert-OH is 1. The van der Waals surface area contributed by atoms with Gasteiger partial charge in [-0.05, 0) is 93.3 Å². The van der Waals surface area contributed by atoms with Gasteiger partial charge in [0.1, 0.15) is 5.78 Å². The van der Waals surface area contributed by atoms with Gasteiger partial charge in [0.15, 0.2) is 0 Å². The van der Waals surface area contributed by atoms with Crippen LogP contribution in [-0.4, -0.2) is 27.7 Å². The van der Waals surface area contributed by atoms with Crippen LogP contribution in [0.1, 0.15) is 98.8 Å². The number of hydrogen-bond acceptors (Lipinski definition) is 3. The van der Waals surface area contributed by atoms with E-state index in [1.807, 2.05) is 13.8 Å². The lowest BCUT2D eigenvalue weighted by Crippen LogP contribution is -2.52. The molecule has 4 aliphatic rings. The van der Waals surface area contributed by atoms with Crippen LogP contribution in [0.3, 0.4) is 0 Å². The summed E-state index contributed by atoms with van der Waals surface area (Å²) >= 11 is 0. The normalized spacial score (nSPS) is 44.7. The van der Waals surface area contributed by atoms with E-state index in [0.29, 0.717) is 29.5 Å². The quantitative estimate of drug-likeness (QED) is 0.567.